The summed E-state index contributed by atoms with van der Waals surface area (Å²) in [5, 5.41) is 0. The number of esters is 2. The number of thiazole rings is 1. The summed E-state index contributed by atoms with van der Waals surface area (Å²) in [7, 11) is 2.66. The van der Waals surface area contributed by atoms with Gasteiger partial charge in [0.15, 0.2) is 4.80 Å². The van der Waals surface area contributed by atoms with Crippen LogP contribution in [-0.2, 0) is 14.3 Å². The molecule has 2 aromatic carbocycles. The highest BCUT2D eigenvalue weighted by molar-refractivity contribution is 7.07. The van der Waals surface area contributed by atoms with Crippen LogP contribution in [0.1, 0.15) is 46.6 Å². The number of benzene rings is 2. The van der Waals surface area contributed by atoms with Crippen molar-refractivity contribution in [2.45, 2.75) is 26.3 Å². The number of carbonyl (C=O) groups is 2. The third-order valence-electron chi connectivity index (χ3n) is 6.59. The molecule has 0 saturated carbocycles. The van der Waals surface area contributed by atoms with Gasteiger partial charge in [0.2, 0.25) is 0 Å². The molecular weight excluding hydrogens is 516 g/mol. The third kappa shape index (κ3) is 4.77. The first kappa shape index (κ1) is 26.1. The van der Waals surface area contributed by atoms with E-state index in [-0.39, 0.29) is 5.56 Å². The summed E-state index contributed by atoms with van der Waals surface area (Å²) in [5.41, 5.74) is 3.53. The Morgan fingerprint density at radius 2 is 1.79 bits per heavy atom. The Bertz CT molecular complexity index is 1790. The highest BCUT2D eigenvalue weighted by atomic mass is 32.1. The molecule has 0 aliphatic carbocycles. The minimum absolute atomic E-state index is 0.286. The number of furan rings is 1. The fourth-order valence-electron chi connectivity index (χ4n) is 4.65. The number of hydrogen-bond donors (Lipinski definition) is 0. The van der Waals surface area contributed by atoms with Crippen molar-refractivity contribution >= 4 is 29.4 Å². The number of aryl methyl sites for hydroxylation is 1. The number of aromatic nitrogens is 1. The molecule has 0 saturated heterocycles. The number of ether oxygens (including phenoxy) is 2. The molecule has 4 aromatic rings. The summed E-state index contributed by atoms with van der Waals surface area (Å²) in [6.45, 7) is 3.84. The van der Waals surface area contributed by atoms with E-state index in [0.29, 0.717) is 44.1 Å². The summed E-state index contributed by atoms with van der Waals surface area (Å²) in [6.07, 6.45) is 2.17. The topological polar surface area (TPSA) is 100 Å². The lowest BCUT2D eigenvalue weighted by molar-refractivity contribution is -0.136. The molecular formula is C30H26N2O6S. The Balaban J connectivity index is 1.63. The summed E-state index contributed by atoms with van der Waals surface area (Å²) in [6, 6.07) is 17.5. The second-order valence-corrected chi connectivity index (χ2v) is 9.93. The van der Waals surface area contributed by atoms with Gasteiger partial charge in [-0.15, -0.1) is 0 Å². The molecule has 0 fully saturated rings. The number of carbonyl (C=O) groups excluding carboxylic acids is 2. The summed E-state index contributed by atoms with van der Waals surface area (Å²) in [4.78, 5) is 43.8. The van der Waals surface area contributed by atoms with E-state index in [0.717, 1.165) is 16.7 Å². The summed E-state index contributed by atoms with van der Waals surface area (Å²) >= 11 is 1.23. The molecule has 0 spiro atoms. The van der Waals surface area contributed by atoms with Gasteiger partial charge < -0.3 is 13.9 Å². The molecule has 3 heterocycles. The standard InChI is InChI=1S/C30H26N2O6S/c1-5-22-25(29(35)37-4)26(18-9-7-6-8-10-18)32-27(33)24(39-30(32)31-22)16-20-13-14-23(38-20)21-15-19(28(34)36-3)12-11-17(21)2/h6-16,26H,5H2,1-4H3/b24-16-/t26-/m1/s1. The minimum atomic E-state index is -0.664. The maximum absolute atomic E-state index is 13.8. The van der Waals surface area contributed by atoms with Gasteiger partial charge in [0, 0.05) is 11.6 Å². The number of rotatable bonds is 6. The van der Waals surface area contributed by atoms with Crippen LogP contribution in [0.5, 0.6) is 0 Å². The Morgan fingerprint density at radius 1 is 1.05 bits per heavy atom. The van der Waals surface area contributed by atoms with Gasteiger partial charge in [-0.25, -0.2) is 14.6 Å². The lowest BCUT2D eigenvalue weighted by Gasteiger charge is -2.25. The van der Waals surface area contributed by atoms with Gasteiger partial charge in [-0.05, 0) is 48.7 Å². The van der Waals surface area contributed by atoms with Gasteiger partial charge in [0.1, 0.15) is 11.5 Å². The van der Waals surface area contributed by atoms with E-state index in [1.807, 2.05) is 50.2 Å². The quantitative estimate of drug-likeness (QED) is 0.340. The van der Waals surface area contributed by atoms with Crippen LogP contribution in [-0.4, -0.2) is 30.7 Å². The second kappa shape index (κ2) is 10.7. The van der Waals surface area contributed by atoms with Gasteiger partial charge >= 0.3 is 11.9 Å². The number of fused-ring (bicyclic) bond motifs is 1. The average Bonchev–Trinajstić information content (AvgIpc) is 3.55. The molecule has 1 aliphatic rings. The van der Waals surface area contributed by atoms with Gasteiger partial charge in [-0.3, -0.25) is 9.36 Å². The van der Waals surface area contributed by atoms with E-state index >= 15 is 0 Å². The highest BCUT2D eigenvalue weighted by Gasteiger charge is 2.33. The lowest BCUT2D eigenvalue weighted by atomic mass is 9.95. The van der Waals surface area contributed by atoms with Crippen molar-refractivity contribution in [3.63, 3.8) is 0 Å². The van der Waals surface area contributed by atoms with E-state index in [4.69, 9.17) is 13.9 Å². The van der Waals surface area contributed by atoms with Gasteiger partial charge in [0.05, 0.1) is 41.6 Å². The molecule has 1 aliphatic heterocycles. The predicted molar refractivity (Wildman–Crippen MR) is 147 cm³/mol. The lowest BCUT2D eigenvalue weighted by Crippen LogP contribution is -2.40. The zero-order chi connectivity index (χ0) is 27.7. The SMILES string of the molecule is CCC1=C(C(=O)OC)[C@@H](c2ccccc2)n2c(s/c(=C\c3ccc(-c4cc(C(=O)OC)ccc4C)o3)c2=O)=N1. The summed E-state index contributed by atoms with van der Waals surface area (Å²) in [5.74, 6) is 0.0758. The van der Waals surface area contributed by atoms with Crippen LogP contribution in [0.4, 0.5) is 0 Å². The first-order chi connectivity index (χ1) is 18.9. The largest absolute Gasteiger partial charge is 0.466 e. The first-order valence-corrected chi connectivity index (χ1v) is 13.1. The van der Waals surface area contributed by atoms with Crippen molar-refractivity contribution in [3.05, 3.63) is 114 Å². The smallest absolute Gasteiger partial charge is 0.338 e. The Kier molecular flexibility index (Phi) is 7.17. The zero-order valence-electron chi connectivity index (χ0n) is 21.9. The van der Waals surface area contributed by atoms with Crippen molar-refractivity contribution in [1.29, 1.82) is 0 Å². The summed E-state index contributed by atoms with van der Waals surface area (Å²) < 4.78 is 18.0. The van der Waals surface area contributed by atoms with Crippen LogP contribution in [0.2, 0.25) is 0 Å². The number of hydrogen-bond acceptors (Lipinski definition) is 8. The third-order valence-corrected chi connectivity index (χ3v) is 7.57. The van der Waals surface area contributed by atoms with Crippen molar-refractivity contribution in [2.24, 2.45) is 4.99 Å². The zero-order valence-corrected chi connectivity index (χ0v) is 22.7. The van der Waals surface area contributed by atoms with Crippen LogP contribution >= 0.6 is 11.3 Å². The van der Waals surface area contributed by atoms with Crippen molar-refractivity contribution in [1.82, 2.24) is 4.57 Å². The van der Waals surface area contributed by atoms with Crippen LogP contribution in [0, 0.1) is 6.92 Å². The molecule has 1 atom stereocenters. The molecule has 0 bridgehead atoms. The predicted octanol–water partition coefficient (Wildman–Crippen LogP) is 4.15. The van der Waals surface area contributed by atoms with Crippen LogP contribution in [0.3, 0.4) is 0 Å². The minimum Gasteiger partial charge on any atom is -0.466 e. The van der Waals surface area contributed by atoms with Crippen molar-refractivity contribution in [2.75, 3.05) is 14.2 Å². The normalized spacial score (nSPS) is 15.1. The molecule has 0 radical (unpaired) electrons. The monoisotopic (exact) mass is 542 g/mol. The molecule has 5 rings (SSSR count). The van der Waals surface area contributed by atoms with Gasteiger partial charge in [-0.1, -0.05) is 54.7 Å². The molecule has 0 N–H and O–H groups in total. The molecule has 198 valence electrons. The van der Waals surface area contributed by atoms with Gasteiger partial charge in [0.25, 0.3) is 5.56 Å². The Morgan fingerprint density at radius 3 is 2.49 bits per heavy atom. The molecule has 9 heteroatoms. The van der Waals surface area contributed by atoms with Crippen molar-refractivity contribution in [3.8, 4) is 11.3 Å². The maximum Gasteiger partial charge on any atom is 0.338 e. The van der Waals surface area contributed by atoms with Crippen LogP contribution < -0.4 is 14.9 Å². The molecule has 0 amide bonds. The van der Waals surface area contributed by atoms with E-state index in [1.165, 1.54) is 25.6 Å². The molecule has 39 heavy (non-hydrogen) atoms. The fourth-order valence-corrected chi connectivity index (χ4v) is 5.65. The number of nitrogens with zero attached hydrogens (tertiary/aromatic N) is 2. The number of methoxy groups -OCH3 is 2. The van der Waals surface area contributed by atoms with Crippen LogP contribution in [0.15, 0.2) is 86.1 Å². The second-order valence-electron chi connectivity index (χ2n) is 8.92. The Labute approximate surface area is 228 Å². The molecule has 2 aromatic heterocycles. The average molecular weight is 543 g/mol. The molecule has 0 unspecified atom stereocenters. The van der Waals surface area contributed by atoms with E-state index in [2.05, 4.69) is 4.99 Å². The van der Waals surface area contributed by atoms with E-state index in [9.17, 15) is 14.4 Å². The van der Waals surface area contributed by atoms with Crippen molar-refractivity contribution < 1.29 is 23.5 Å². The van der Waals surface area contributed by atoms with E-state index < -0.39 is 18.0 Å². The van der Waals surface area contributed by atoms with Gasteiger partial charge in [-0.2, -0.15) is 0 Å². The highest BCUT2D eigenvalue weighted by Crippen LogP contribution is 2.32. The number of allylic oxidation sites excluding steroid dienone is 1. The molecule has 8 nitrogen and oxygen atoms in total. The van der Waals surface area contributed by atoms with Crippen LogP contribution in [0.25, 0.3) is 17.4 Å². The fraction of sp³-hybridized carbons (Fsp3) is 0.200. The van der Waals surface area contributed by atoms with E-state index in [1.54, 1.807) is 34.9 Å². The Hall–Kier alpha value is -4.50. The maximum atomic E-state index is 13.8. The first-order valence-electron chi connectivity index (χ1n) is 12.3.